The van der Waals surface area contributed by atoms with Gasteiger partial charge in [-0.2, -0.15) is 0 Å². The number of amidine groups is 1. The van der Waals surface area contributed by atoms with E-state index in [4.69, 9.17) is 0 Å². The molecule has 0 bridgehead atoms. The van der Waals surface area contributed by atoms with E-state index < -0.39 is 0 Å². The third-order valence-electron chi connectivity index (χ3n) is 5.25. The van der Waals surface area contributed by atoms with Crippen LogP contribution in [0.3, 0.4) is 0 Å². The molecule has 7 heteroatoms. The number of hydrogen-bond donors (Lipinski definition) is 1. The molecule has 3 heterocycles. The zero-order valence-corrected chi connectivity index (χ0v) is 15.5. The number of rotatable bonds is 7. The van der Waals surface area contributed by atoms with Crippen LogP contribution < -0.4 is 5.32 Å². The van der Waals surface area contributed by atoms with Gasteiger partial charge in [0, 0.05) is 56.1 Å². The Labute approximate surface area is 152 Å². The topological polar surface area (TPSA) is 62.5 Å². The molecule has 0 spiro atoms. The van der Waals surface area contributed by atoms with Gasteiger partial charge in [-0.15, -0.1) is 0 Å². The second kappa shape index (κ2) is 6.86. The highest BCUT2D eigenvalue weighted by molar-refractivity contribution is 8.16. The van der Waals surface area contributed by atoms with Crippen LogP contribution in [0.5, 0.6) is 0 Å². The van der Waals surface area contributed by atoms with Crippen molar-refractivity contribution in [3.8, 4) is 0 Å². The summed E-state index contributed by atoms with van der Waals surface area (Å²) in [4.78, 5) is 23.5. The molecule has 1 saturated carbocycles. The van der Waals surface area contributed by atoms with Crippen molar-refractivity contribution < 1.29 is 4.79 Å². The number of aliphatic imine (C=N–C) groups is 1. The molecule has 1 aromatic heterocycles. The Morgan fingerprint density at radius 3 is 3.12 bits per heavy atom. The van der Waals surface area contributed by atoms with E-state index in [1.807, 2.05) is 6.20 Å². The maximum atomic E-state index is 12.4. The van der Waals surface area contributed by atoms with Crippen LogP contribution in [0.15, 0.2) is 28.5 Å². The highest BCUT2D eigenvalue weighted by Crippen LogP contribution is 2.46. The zero-order valence-electron chi connectivity index (χ0n) is 14.7. The number of thioether (sulfide) groups is 1. The van der Waals surface area contributed by atoms with Gasteiger partial charge < -0.3 is 14.8 Å². The number of carbonyl (C=O) groups is 1. The van der Waals surface area contributed by atoms with Gasteiger partial charge in [-0.25, -0.2) is 4.98 Å². The van der Waals surface area contributed by atoms with E-state index in [1.165, 1.54) is 12.8 Å². The highest BCUT2D eigenvalue weighted by atomic mass is 32.2. The highest BCUT2D eigenvalue weighted by Gasteiger charge is 2.43. The van der Waals surface area contributed by atoms with Crippen molar-refractivity contribution in [3.05, 3.63) is 29.3 Å². The predicted octanol–water partition coefficient (Wildman–Crippen LogP) is 2.38. The van der Waals surface area contributed by atoms with E-state index in [1.54, 1.807) is 11.8 Å². The molecule has 0 unspecified atom stereocenters. The lowest BCUT2D eigenvalue weighted by Gasteiger charge is -2.25. The Morgan fingerprint density at radius 1 is 1.44 bits per heavy atom. The molecule has 2 aliphatic heterocycles. The fourth-order valence-corrected chi connectivity index (χ4v) is 4.47. The summed E-state index contributed by atoms with van der Waals surface area (Å²) in [6.07, 6.45) is 8.74. The summed E-state index contributed by atoms with van der Waals surface area (Å²) in [6, 6.07) is 0. The van der Waals surface area contributed by atoms with Gasteiger partial charge >= 0.3 is 0 Å². The summed E-state index contributed by atoms with van der Waals surface area (Å²) in [5.41, 5.74) is 1.31. The van der Waals surface area contributed by atoms with Gasteiger partial charge in [0.1, 0.15) is 5.82 Å². The number of nitrogens with zero attached hydrogens (tertiary/aromatic N) is 4. The third kappa shape index (κ3) is 3.61. The molecule has 0 saturated heterocycles. The molecule has 1 N–H and O–H groups in total. The Balaban J connectivity index is 1.29. The lowest BCUT2D eigenvalue weighted by molar-refractivity contribution is -0.120. The molecule has 1 aromatic rings. The quantitative estimate of drug-likeness (QED) is 0.812. The first-order chi connectivity index (χ1) is 12.2. The van der Waals surface area contributed by atoms with Gasteiger partial charge in [-0.05, 0) is 24.7 Å². The van der Waals surface area contributed by atoms with E-state index in [9.17, 15) is 4.79 Å². The number of amides is 1. The van der Waals surface area contributed by atoms with Crippen molar-refractivity contribution >= 4 is 22.8 Å². The van der Waals surface area contributed by atoms with Crippen LogP contribution in [0.1, 0.15) is 38.4 Å². The summed E-state index contributed by atoms with van der Waals surface area (Å²) in [7, 11) is 0. The molecule has 1 fully saturated rings. The monoisotopic (exact) mass is 359 g/mol. The lowest BCUT2D eigenvalue weighted by atomic mass is 10.1. The van der Waals surface area contributed by atoms with Crippen molar-refractivity contribution in [1.82, 2.24) is 19.8 Å². The third-order valence-corrected chi connectivity index (χ3v) is 6.20. The van der Waals surface area contributed by atoms with Gasteiger partial charge in [0.2, 0.25) is 5.91 Å². The Hall–Kier alpha value is -1.76. The number of carbonyl (C=O) groups excluding carboxylic acids is 1. The van der Waals surface area contributed by atoms with Crippen LogP contribution >= 0.6 is 11.8 Å². The Kier molecular flexibility index (Phi) is 4.58. The minimum atomic E-state index is 0.117. The fourth-order valence-electron chi connectivity index (χ4n) is 3.51. The molecule has 0 aromatic carbocycles. The van der Waals surface area contributed by atoms with Gasteiger partial charge in [0.15, 0.2) is 5.17 Å². The van der Waals surface area contributed by atoms with Crippen LogP contribution in [0.25, 0.3) is 0 Å². The normalized spacial score (nSPS) is 20.8. The summed E-state index contributed by atoms with van der Waals surface area (Å²) in [5, 5.41) is 6.30. The van der Waals surface area contributed by atoms with Gasteiger partial charge in [-0.3, -0.25) is 9.79 Å². The summed E-state index contributed by atoms with van der Waals surface area (Å²) >= 11 is 1.64. The SMILES string of the molecule is CCc1nccn1CC1(CNC(=O)CC2=CSC3=NCCCN23)CC1. The standard InChI is InChI=1S/C18H25N5OS/c1-2-15-19-7-9-22(15)13-18(4-5-18)12-21-16(24)10-14-11-25-17-20-6-3-8-23(14)17/h7,9,11H,2-6,8,10,12-13H2,1H3,(H,21,24). The van der Waals surface area contributed by atoms with Gasteiger partial charge in [0.05, 0.1) is 6.42 Å². The summed E-state index contributed by atoms with van der Waals surface area (Å²) in [6.45, 7) is 5.73. The minimum absolute atomic E-state index is 0.117. The average Bonchev–Trinajstić information content (AvgIpc) is 3.05. The Morgan fingerprint density at radius 2 is 2.32 bits per heavy atom. The van der Waals surface area contributed by atoms with Crippen LogP contribution in [0.4, 0.5) is 0 Å². The molecule has 1 amide bonds. The number of nitrogens with one attached hydrogen (secondary N) is 1. The van der Waals surface area contributed by atoms with Crippen LogP contribution in [-0.4, -0.2) is 45.2 Å². The van der Waals surface area contributed by atoms with Crippen molar-refractivity contribution in [2.45, 2.75) is 45.6 Å². The summed E-state index contributed by atoms with van der Waals surface area (Å²) in [5.74, 6) is 1.24. The number of fused-ring (bicyclic) bond motifs is 1. The number of hydrogen-bond acceptors (Lipinski definition) is 5. The molecule has 4 rings (SSSR count). The lowest BCUT2D eigenvalue weighted by Crippen LogP contribution is -2.35. The van der Waals surface area contributed by atoms with E-state index in [0.29, 0.717) is 6.42 Å². The summed E-state index contributed by atoms with van der Waals surface area (Å²) < 4.78 is 2.24. The van der Waals surface area contributed by atoms with Gasteiger partial charge in [0.25, 0.3) is 0 Å². The van der Waals surface area contributed by atoms with Crippen molar-refractivity contribution in [2.24, 2.45) is 10.4 Å². The second-order valence-electron chi connectivity index (χ2n) is 7.17. The molecule has 1 aliphatic carbocycles. The molecule has 134 valence electrons. The average molecular weight is 359 g/mol. The largest absolute Gasteiger partial charge is 0.355 e. The number of aryl methyl sites for hydroxylation is 1. The molecule has 0 atom stereocenters. The maximum absolute atomic E-state index is 12.4. The van der Waals surface area contributed by atoms with Crippen LogP contribution in [0.2, 0.25) is 0 Å². The molecular weight excluding hydrogens is 334 g/mol. The molecule has 25 heavy (non-hydrogen) atoms. The zero-order chi connectivity index (χ0) is 17.3. The van der Waals surface area contributed by atoms with Crippen molar-refractivity contribution in [2.75, 3.05) is 19.6 Å². The second-order valence-corrected chi connectivity index (χ2v) is 8.01. The fraction of sp³-hybridized carbons (Fsp3) is 0.611. The maximum Gasteiger partial charge on any atom is 0.225 e. The minimum Gasteiger partial charge on any atom is -0.355 e. The van der Waals surface area contributed by atoms with Crippen LogP contribution in [-0.2, 0) is 17.8 Å². The smallest absolute Gasteiger partial charge is 0.225 e. The first-order valence-corrected chi connectivity index (χ1v) is 10.0. The molecule has 0 radical (unpaired) electrons. The predicted molar refractivity (Wildman–Crippen MR) is 100 cm³/mol. The molecular formula is C18H25N5OS. The number of imidazole rings is 1. The van der Waals surface area contributed by atoms with E-state index in [0.717, 1.165) is 55.7 Å². The van der Waals surface area contributed by atoms with E-state index in [2.05, 4.69) is 43.3 Å². The Bertz CT molecular complexity index is 719. The van der Waals surface area contributed by atoms with Crippen LogP contribution in [0, 0.1) is 5.41 Å². The van der Waals surface area contributed by atoms with Crippen molar-refractivity contribution in [1.29, 1.82) is 0 Å². The van der Waals surface area contributed by atoms with Crippen molar-refractivity contribution in [3.63, 3.8) is 0 Å². The first-order valence-electron chi connectivity index (χ1n) is 9.13. The van der Waals surface area contributed by atoms with Gasteiger partial charge in [-0.1, -0.05) is 18.7 Å². The molecule has 6 nitrogen and oxygen atoms in total. The number of aromatic nitrogens is 2. The molecule has 3 aliphatic rings. The van der Waals surface area contributed by atoms with E-state index >= 15 is 0 Å². The van der Waals surface area contributed by atoms with E-state index in [-0.39, 0.29) is 11.3 Å². The first kappa shape index (κ1) is 16.7.